The van der Waals surface area contributed by atoms with E-state index in [2.05, 4.69) is 24.3 Å². The third-order valence-corrected chi connectivity index (χ3v) is 2.14. The van der Waals surface area contributed by atoms with E-state index in [0.29, 0.717) is 6.61 Å². The Kier molecular flexibility index (Phi) is 6.30. The van der Waals surface area contributed by atoms with Crippen LogP contribution in [0.1, 0.15) is 32.1 Å². The monoisotopic (exact) mass is 206 g/mol. The lowest BCUT2D eigenvalue weighted by Gasteiger charge is -1.99. The van der Waals surface area contributed by atoms with Crippen LogP contribution in [0.25, 0.3) is 0 Å². The summed E-state index contributed by atoms with van der Waals surface area (Å²) in [6, 6.07) is 0. The van der Waals surface area contributed by atoms with Crippen molar-refractivity contribution in [2.24, 2.45) is 0 Å². The molecule has 0 radical (unpaired) electrons. The Balaban J connectivity index is 2.38. The summed E-state index contributed by atoms with van der Waals surface area (Å²) in [5, 5.41) is 0. The Labute approximate surface area is 91.3 Å². The topological polar surface area (TPSA) is 26.3 Å². The van der Waals surface area contributed by atoms with Crippen molar-refractivity contribution in [1.82, 2.24) is 0 Å². The van der Waals surface area contributed by atoms with Crippen molar-refractivity contribution in [3.05, 3.63) is 36.5 Å². The number of hydrogen-bond acceptors (Lipinski definition) is 2. The highest BCUT2D eigenvalue weighted by Gasteiger charge is 1.95. The second-order valence-electron chi connectivity index (χ2n) is 3.50. The highest BCUT2D eigenvalue weighted by Crippen LogP contribution is 2.00. The van der Waals surface area contributed by atoms with Gasteiger partial charge in [-0.3, -0.25) is 0 Å². The number of allylic oxidation sites excluding steroid dienone is 5. The number of hydrogen-bond donors (Lipinski definition) is 0. The van der Waals surface area contributed by atoms with Crippen molar-refractivity contribution in [3.8, 4) is 0 Å². The Hall–Kier alpha value is -1.31. The molecule has 0 aromatic heterocycles. The second kappa shape index (κ2) is 8.04. The van der Waals surface area contributed by atoms with Gasteiger partial charge in [0.05, 0.1) is 6.61 Å². The Morgan fingerprint density at radius 3 is 2.40 bits per heavy atom. The maximum Gasteiger partial charge on any atom is 0.330 e. The average molecular weight is 206 g/mol. The van der Waals surface area contributed by atoms with Crippen molar-refractivity contribution in [3.63, 3.8) is 0 Å². The average Bonchev–Trinajstić information content (AvgIpc) is 2.24. The van der Waals surface area contributed by atoms with E-state index >= 15 is 0 Å². The molecule has 0 N–H and O–H groups in total. The van der Waals surface area contributed by atoms with Crippen molar-refractivity contribution in [2.75, 3.05) is 6.61 Å². The third kappa shape index (κ3) is 6.72. The van der Waals surface area contributed by atoms with Crippen LogP contribution < -0.4 is 0 Å². The van der Waals surface area contributed by atoms with Crippen LogP contribution in [0.15, 0.2) is 36.5 Å². The lowest BCUT2D eigenvalue weighted by atomic mass is 10.2. The second-order valence-corrected chi connectivity index (χ2v) is 3.50. The normalized spacial score (nSPS) is 26.0. The number of ether oxygens (including phenoxy) is 1. The van der Waals surface area contributed by atoms with Crippen LogP contribution in [-0.4, -0.2) is 12.6 Å². The molecule has 0 spiro atoms. The fourth-order valence-electron chi connectivity index (χ4n) is 1.30. The van der Waals surface area contributed by atoms with E-state index in [1.54, 1.807) is 0 Å². The zero-order valence-corrected chi connectivity index (χ0v) is 9.02. The number of rotatable bonds is 0. The first-order valence-corrected chi connectivity index (χ1v) is 5.54. The van der Waals surface area contributed by atoms with Gasteiger partial charge in [-0.25, -0.2) is 4.79 Å². The minimum atomic E-state index is -0.216. The summed E-state index contributed by atoms with van der Waals surface area (Å²) in [7, 11) is 0. The molecule has 0 saturated carbocycles. The molecule has 0 unspecified atom stereocenters. The van der Waals surface area contributed by atoms with Crippen LogP contribution in [0, 0.1) is 0 Å². The van der Waals surface area contributed by atoms with Gasteiger partial charge >= 0.3 is 5.97 Å². The number of carbonyl (C=O) groups excluding carboxylic acids is 1. The maximum atomic E-state index is 11.1. The molecule has 0 aromatic rings. The summed E-state index contributed by atoms with van der Waals surface area (Å²) in [4.78, 5) is 11.1. The Morgan fingerprint density at radius 2 is 1.60 bits per heavy atom. The molecule has 82 valence electrons. The van der Waals surface area contributed by atoms with Gasteiger partial charge in [0.25, 0.3) is 0 Å². The van der Waals surface area contributed by atoms with E-state index in [9.17, 15) is 4.79 Å². The largest absolute Gasteiger partial charge is 0.463 e. The fourth-order valence-corrected chi connectivity index (χ4v) is 1.30. The van der Waals surface area contributed by atoms with Gasteiger partial charge in [-0.15, -0.1) is 0 Å². The number of esters is 1. The standard InChI is InChI=1S/C13H18O2/c14-13-11-9-7-5-3-1-2-4-6-8-10-12-15-13/h1-2,4,6,9,11H,3,5,7-8,10,12H2/b2-1+,6-4-,11-9-. The van der Waals surface area contributed by atoms with E-state index < -0.39 is 0 Å². The summed E-state index contributed by atoms with van der Waals surface area (Å²) in [5.41, 5.74) is 0. The first-order chi connectivity index (χ1) is 7.39. The third-order valence-electron chi connectivity index (χ3n) is 2.14. The van der Waals surface area contributed by atoms with Crippen LogP contribution in [-0.2, 0) is 9.53 Å². The first-order valence-electron chi connectivity index (χ1n) is 5.54. The SMILES string of the molecule is O=C1/C=C\CCC/C=C/C=C\CCCO1. The van der Waals surface area contributed by atoms with Crippen molar-refractivity contribution >= 4 is 5.97 Å². The fraction of sp³-hybridized carbons (Fsp3) is 0.462. The van der Waals surface area contributed by atoms with E-state index in [1.807, 2.05) is 6.08 Å². The van der Waals surface area contributed by atoms with Gasteiger partial charge in [0.2, 0.25) is 0 Å². The van der Waals surface area contributed by atoms with Gasteiger partial charge in [-0.05, 0) is 32.1 Å². The lowest BCUT2D eigenvalue weighted by Crippen LogP contribution is -2.01. The first kappa shape index (κ1) is 11.8. The van der Waals surface area contributed by atoms with Crippen LogP contribution in [0.4, 0.5) is 0 Å². The minimum Gasteiger partial charge on any atom is -0.463 e. The number of cyclic esters (lactones) is 1. The molecule has 0 saturated heterocycles. The van der Waals surface area contributed by atoms with Gasteiger partial charge in [-0.2, -0.15) is 0 Å². The molecule has 1 aliphatic heterocycles. The molecule has 0 atom stereocenters. The van der Waals surface area contributed by atoms with Gasteiger partial charge in [0.15, 0.2) is 0 Å². The zero-order chi connectivity index (χ0) is 10.8. The van der Waals surface area contributed by atoms with Crippen LogP contribution in [0.3, 0.4) is 0 Å². The highest BCUT2D eigenvalue weighted by atomic mass is 16.5. The summed E-state index contributed by atoms with van der Waals surface area (Å²) >= 11 is 0. The Morgan fingerprint density at radius 1 is 0.933 bits per heavy atom. The molecular weight excluding hydrogens is 188 g/mol. The lowest BCUT2D eigenvalue weighted by molar-refractivity contribution is -0.137. The molecule has 0 amide bonds. The molecule has 1 heterocycles. The van der Waals surface area contributed by atoms with Crippen molar-refractivity contribution < 1.29 is 9.53 Å². The number of carbonyl (C=O) groups is 1. The van der Waals surface area contributed by atoms with Crippen molar-refractivity contribution in [2.45, 2.75) is 32.1 Å². The van der Waals surface area contributed by atoms with E-state index in [4.69, 9.17) is 4.74 Å². The zero-order valence-electron chi connectivity index (χ0n) is 9.02. The summed E-state index contributed by atoms with van der Waals surface area (Å²) in [6.45, 7) is 0.511. The molecule has 0 aromatic carbocycles. The molecule has 15 heavy (non-hydrogen) atoms. The van der Waals surface area contributed by atoms with Crippen LogP contribution >= 0.6 is 0 Å². The molecule has 2 heteroatoms. The quantitative estimate of drug-likeness (QED) is 0.569. The predicted molar refractivity (Wildman–Crippen MR) is 61.5 cm³/mol. The molecule has 0 bridgehead atoms. The molecule has 1 rings (SSSR count). The molecule has 0 aliphatic carbocycles. The molecule has 2 nitrogen and oxygen atoms in total. The van der Waals surface area contributed by atoms with Gasteiger partial charge < -0.3 is 4.74 Å². The highest BCUT2D eigenvalue weighted by molar-refractivity contribution is 5.81. The van der Waals surface area contributed by atoms with Gasteiger partial charge in [0, 0.05) is 6.08 Å². The van der Waals surface area contributed by atoms with E-state index in [1.165, 1.54) is 6.08 Å². The van der Waals surface area contributed by atoms with Crippen molar-refractivity contribution in [1.29, 1.82) is 0 Å². The van der Waals surface area contributed by atoms with Gasteiger partial charge in [0.1, 0.15) is 0 Å². The molecular formula is C13H18O2. The smallest absolute Gasteiger partial charge is 0.330 e. The Bertz CT molecular complexity index is 262. The van der Waals surface area contributed by atoms with E-state index in [0.717, 1.165) is 32.1 Å². The van der Waals surface area contributed by atoms with Gasteiger partial charge in [-0.1, -0.05) is 30.4 Å². The summed E-state index contributed by atoms with van der Waals surface area (Å²) in [6.07, 6.45) is 16.8. The van der Waals surface area contributed by atoms with Crippen LogP contribution in [0.5, 0.6) is 0 Å². The maximum absolute atomic E-state index is 11.1. The summed E-state index contributed by atoms with van der Waals surface area (Å²) < 4.78 is 5.01. The van der Waals surface area contributed by atoms with E-state index in [-0.39, 0.29) is 5.97 Å². The predicted octanol–water partition coefficient (Wildman–Crippen LogP) is 3.16. The summed E-state index contributed by atoms with van der Waals surface area (Å²) in [5.74, 6) is -0.216. The minimum absolute atomic E-state index is 0.216. The molecule has 1 aliphatic rings. The van der Waals surface area contributed by atoms with Crippen LogP contribution in [0.2, 0.25) is 0 Å². The molecule has 0 fully saturated rings.